The van der Waals surface area contributed by atoms with Gasteiger partial charge in [0.05, 0.1) is 91.6 Å². The molecule has 6 heterocycles. The Kier molecular flexibility index (Phi) is 39.0. The number of nitrogens with one attached hydrogen (secondary N) is 2. The SMILES string of the molecule is CC(=O)O.CC(=O)O[B-]OC(C)=O.COc1ccc(CN2Cc3c(-c4ccccc4Cl)cc(C=O)cc3N(c3c(Cl)cccc3Cl)C2=O)cc1.COc1ccc(CN2Cc3c(-c4ccccc4Cl)cc(CN4CCCC4C(=O)O)cc3N(c3c(Cl)cccc3Cl)C2=O)cc1.O=C(O)C1CCCN1.O=C(O)C1CCCN1Cc1cc(-c2ccccc2Cl)c2c(c1)N(c1c(Cl)cccc1Cl)C(=O)NC2.[Na+]. The maximum absolute atomic E-state index is 14.4. The number of benzene rings is 11. The number of carbonyl (C=O) groups is 10. The summed E-state index contributed by atoms with van der Waals surface area (Å²) in [7, 11) is 3.92. The van der Waals surface area contributed by atoms with E-state index in [-0.39, 0.29) is 53.7 Å². The quantitative estimate of drug-likeness (QED) is 0.0271. The van der Waals surface area contributed by atoms with Gasteiger partial charge < -0.3 is 59.6 Å². The molecule has 0 aliphatic carbocycles. The summed E-state index contributed by atoms with van der Waals surface area (Å²) < 4.78 is 18.9. The van der Waals surface area contributed by atoms with Gasteiger partial charge in [-0.1, -0.05) is 201 Å². The monoisotopic (exact) mass is 2060 g/mol. The third kappa shape index (κ3) is 26.7. The van der Waals surface area contributed by atoms with E-state index in [1.807, 2.05) is 143 Å². The van der Waals surface area contributed by atoms with Crippen LogP contribution in [0.1, 0.15) is 109 Å². The van der Waals surface area contributed by atoms with E-state index in [0.717, 1.165) is 129 Å². The van der Waals surface area contributed by atoms with Crippen LogP contribution >= 0.6 is 104 Å². The number of amides is 6. The normalized spacial score (nSPS) is 15.7. The second-order valence-electron chi connectivity index (χ2n) is 32.0. The number of anilines is 6. The fourth-order valence-electron chi connectivity index (χ4n) is 16.6. The van der Waals surface area contributed by atoms with E-state index in [1.54, 1.807) is 102 Å². The number of ether oxygens (including phenoxy) is 2. The number of carboxylic acids is 4. The largest absolute Gasteiger partial charge is 1.00 e. The molecular weight excluding hydrogens is 1970 g/mol. The Hall–Kier alpha value is -11.1. The van der Waals surface area contributed by atoms with E-state index in [9.17, 15) is 53.4 Å². The van der Waals surface area contributed by atoms with Gasteiger partial charge in [0, 0.05) is 108 Å². The standard InChI is InChI=1S/C34H30Cl3N3O4.C29H21Cl3N2O3.C26H22Cl3N3O3.C5H9NO2.C4H6BO4.C2H4O2.Na/c1-44-23-13-11-21(12-14-23)18-39-20-26-25(24-6-2-3-7-27(24)35)16-22(19-38-15-5-10-30(38)33(41)42)17-31(26)40(34(39)43)32-28(36)8-4-9-29(32)37;1-37-20-11-9-18(10-12-20)15-33-16-23-22(21-5-2-3-6-24(21)30)13-19(17-35)14-27(23)34(29(33)36)28-25(31)7-4-8-26(28)32;27-19-6-2-1-5-16(19)17-11-15(14-31-10-4-9-22(31)25(33)34)12-23-18(17)13-30-26(35)32(23)24-20(28)7-3-8-21(24)29;7-5(8)4-2-1-3-6-4;1-3(6)8-5-9-4(2)7;1-2(3)4;/h2-4,6-9,11-14,16-17,30H,5,10,15,18-20H2,1H3,(H,41,42);2-14,17H,15-16H2,1H3;1-3,5-8,11-12,22H,4,9-10,13-14H2,(H,30,35)(H,33,34);4,6H,1-3H2,(H,7,8);1-2H3;1H3,(H,3,4);/q;;;;-1;;+1. The topological polar surface area (TPSA) is 335 Å². The summed E-state index contributed by atoms with van der Waals surface area (Å²) in [6.07, 6.45) is 5.37. The average Bonchev–Trinajstić information content (AvgIpc) is 0.873. The third-order valence-electron chi connectivity index (χ3n) is 22.8. The molecule has 0 spiro atoms. The molecule has 38 heteroatoms. The number of para-hydroxylation sites is 3. The minimum Gasteiger partial charge on any atom is -0.702 e. The van der Waals surface area contributed by atoms with Crippen molar-refractivity contribution in [3.05, 3.63) is 302 Å². The van der Waals surface area contributed by atoms with E-state index in [1.165, 1.54) is 23.6 Å². The van der Waals surface area contributed by atoms with Gasteiger partial charge in [0.15, 0.2) is 0 Å². The van der Waals surface area contributed by atoms with Gasteiger partial charge in [-0.25, -0.2) is 14.4 Å². The van der Waals surface area contributed by atoms with Crippen LogP contribution < -0.4 is 64.4 Å². The molecule has 6 amide bonds. The third-order valence-corrected chi connectivity index (χ3v) is 25.6. The van der Waals surface area contributed by atoms with Gasteiger partial charge in [-0.3, -0.25) is 58.1 Å². The Balaban J connectivity index is 0.000000179. The van der Waals surface area contributed by atoms with Crippen LogP contribution in [0.4, 0.5) is 48.5 Å². The van der Waals surface area contributed by atoms with Crippen molar-refractivity contribution in [1.82, 2.24) is 30.2 Å². The van der Waals surface area contributed by atoms with E-state index in [0.29, 0.717) is 164 Å². The number of likely N-dealkylation sites (tertiary alicyclic amines) is 2. The molecule has 3 saturated heterocycles. The maximum Gasteiger partial charge on any atom is 1.00 e. The van der Waals surface area contributed by atoms with Gasteiger partial charge in [-0.2, -0.15) is 0 Å². The summed E-state index contributed by atoms with van der Waals surface area (Å²) in [6, 6.07) is 62.1. The molecule has 3 atom stereocenters. The number of fused-ring (bicyclic) bond motifs is 3. The summed E-state index contributed by atoms with van der Waals surface area (Å²) in [5.41, 5.74) is 14.3. The number of carbonyl (C=O) groups excluding carboxylic acids is 6. The molecule has 2 radical (unpaired) electrons. The summed E-state index contributed by atoms with van der Waals surface area (Å²) in [5, 5.41) is 44.7. The van der Waals surface area contributed by atoms with E-state index >= 15 is 0 Å². The van der Waals surface area contributed by atoms with Crippen molar-refractivity contribution in [3.8, 4) is 44.9 Å². The zero-order valence-corrected chi connectivity index (χ0v) is 84.2. The van der Waals surface area contributed by atoms with Crippen LogP contribution in [0.25, 0.3) is 33.4 Å². The van der Waals surface area contributed by atoms with Crippen molar-refractivity contribution in [2.45, 2.75) is 123 Å². The second kappa shape index (κ2) is 50.1. The number of nitrogens with zero attached hydrogens (tertiary/aromatic N) is 7. The van der Waals surface area contributed by atoms with Crippen molar-refractivity contribution in [1.29, 1.82) is 0 Å². The first-order chi connectivity index (χ1) is 65.7. The van der Waals surface area contributed by atoms with Crippen molar-refractivity contribution in [2.75, 3.05) is 48.6 Å². The van der Waals surface area contributed by atoms with Crippen molar-refractivity contribution < 1.29 is 117 Å². The number of methoxy groups -OCH3 is 2. The zero-order chi connectivity index (χ0) is 98.6. The van der Waals surface area contributed by atoms with E-state index in [2.05, 4.69) is 26.0 Å². The van der Waals surface area contributed by atoms with Gasteiger partial charge in [-0.05, 0) is 212 Å². The van der Waals surface area contributed by atoms with Gasteiger partial charge in [0.2, 0.25) is 0 Å². The average molecular weight is 2060 g/mol. The number of aliphatic carboxylic acids is 4. The molecule has 6 aliphatic rings. The minimum atomic E-state index is -0.833. The number of halogens is 9. The van der Waals surface area contributed by atoms with Gasteiger partial charge >= 0.3 is 65.6 Å². The van der Waals surface area contributed by atoms with Crippen LogP contribution in [0, 0.1) is 0 Å². The number of carboxylic acid groups (broad SMARTS) is 4. The molecule has 712 valence electrons. The maximum atomic E-state index is 14.4. The minimum absolute atomic E-state index is 0. The van der Waals surface area contributed by atoms with Crippen LogP contribution in [-0.4, -0.2) is 160 Å². The number of rotatable bonds is 22. The van der Waals surface area contributed by atoms with Gasteiger partial charge in [-0.15, -0.1) is 0 Å². The van der Waals surface area contributed by atoms with E-state index < -0.39 is 47.9 Å². The molecule has 0 saturated carbocycles. The Bertz CT molecular complexity index is 6270. The molecule has 6 aliphatic heterocycles. The summed E-state index contributed by atoms with van der Waals surface area (Å²) in [5.74, 6) is -2.79. The predicted molar refractivity (Wildman–Crippen MR) is 533 cm³/mol. The first-order valence-corrected chi connectivity index (χ1v) is 46.4. The van der Waals surface area contributed by atoms with Crippen LogP contribution in [0.2, 0.25) is 45.2 Å². The fourth-order valence-corrected chi connectivity index (χ4v) is 19.0. The van der Waals surface area contributed by atoms with Crippen LogP contribution in [0.15, 0.2) is 212 Å². The summed E-state index contributed by atoms with van der Waals surface area (Å²) in [4.78, 5) is 128. The predicted octanol–water partition coefficient (Wildman–Crippen LogP) is 20.3. The smallest absolute Gasteiger partial charge is 0.702 e. The second-order valence-corrected chi connectivity index (χ2v) is 35.7. The first kappa shape index (κ1) is 107. The Labute approximate surface area is 864 Å². The number of hydrogen-bond donors (Lipinski definition) is 6. The molecular formula is C100H92BCl9N9NaO18. The van der Waals surface area contributed by atoms with Gasteiger partial charge in [0.1, 0.15) is 43.6 Å². The Morgan fingerprint density at radius 3 is 1.11 bits per heavy atom. The number of hydrogen-bond acceptors (Lipinski definition) is 17. The first-order valence-electron chi connectivity index (χ1n) is 42.9. The zero-order valence-electron chi connectivity index (χ0n) is 75.4. The Morgan fingerprint density at radius 2 is 0.768 bits per heavy atom. The van der Waals surface area contributed by atoms with Crippen LogP contribution in [0.5, 0.6) is 11.5 Å². The number of aldehydes is 1. The van der Waals surface area contributed by atoms with Crippen LogP contribution in [0.3, 0.4) is 0 Å². The molecule has 11 aromatic rings. The molecule has 17 rings (SSSR count). The molecule has 27 nitrogen and oxygen atoms in total. The fraction of sp³-hybridized carbons (Fsp3) is 0.240. The molecule has 3 fully saturated rings. The molecule has 11 aromatic carbocycles. The van der Waals surface area contributed by atoms with Gasteiger partial charge in [0.25, 0.3) is 17.9 Å². The molecule has 138 heavy (non-hydrogen) atoms. The molecule has 3 unspecified atom stereocenters. The van der Waals surface area contributed by atoms with Crippen molar-refractivity contribution in [3.63, 3.8) is 0 Å². The van der Waals surface area contributed by atoms with Crippen LogP contribution in [-0.2, 0) is 83.9 Å². The van der Waals surface area contributed by atoms with E-state index in [4.69, 9.17) is 129 Å². The molecule has 0 aromatic heterocycles. The molecule has 6 N–H and O–H groups in total. The number of urea groups is 3. The van der Waals surface area contributed by atoms with Crippen molar-refractivity contribution >= 4 is 206 Å². The van der Waals surface area contributed by atoms with Crippen molar-refractivity contribution in [2.24, 2.45) is 0 Å². The summed E-state index contributed by atoms with van der Waals surface area (Å²) in [6.45, 7) is 8.10. The molecule has 0 bridgehead atoms. The Morgan fingerprint density at radius 1 is 0.413 bits per heavy atom. The summed E-state index contributed by atoms with van der Waals surface area (Å²) >= 11 is 59.6.